The van der Waals surface area contributed by atoms with Gasteiger partial charge in [-0.2, -0.15) is 23.4 Å². The first-order valence-electron chi connectivity index (χ1n) is 9.87. The van der Waals surface area contributed by atoms with Crippen molar-refractivity contribution in [2.75, 3.05) is 24.2 Å². The monoisotopic (exact) mass is 463 g/mol. The zero-order chi connectivity index (χ0) is 22.9. The molecule has 1 aromatic rings. The van der Waals surface area contributed by atoms with Crippen LogP contribution in [0.25, 0.3) is 0 Å². The number of hydrogen-bond acceptors (Lipinski definition) is 8. The van der Waals surface area contributed by atoms with E-state index in [1.165, 1.54) is 6.20 Å². The van der Waals surface area contributed by atoms with Gasteiger partial charge >= 0.3 is 6.18 Å². The number of nitriles is 1. The number of halogens is 3. The van der Waals surface area contributed by atoms with E-state index in [-0.39, 0.29) is 49.4 Å². The Kier molecular flexibility index (Phi) is 6.64. The summed E-state index contributed by atoms with van der Waals surface area (Å²) in [4.78, 5) is 8.29. The number of aliphatic hydroxyl groups is 1. The third-order valence-corrected chi connectivity index (χ3v) is 7.34. The number of sulfonamides is 1. The number of ether oxygens (including phenoxy) is 1. The van der Waals surface area contributed by atoms with E-state index in [4.69, 9.17) is 4.74 Å². The zero-order valence-corrected chi connectivity index (χ0v) is 17.7. The molecule has 0 bridgehead atoms. The molecule has 13 heteroatoms. The van der Waals surface area contributed by atoms with Crippen LogP contribution in [0.3, 0.4) is 0 Å². The van der Waals surface area contributed by atoms with Crippen LogP contribution in [-0.4, -0.2) is 70.6 Å². The molecule has 0 unspecified atom stereocenters. The van der Waals surface area contributed by atoms with E-state index in [1.807, 2.05) is 6.07 Å². The van der Waals surface area contributed by atoms with Gasteiger partial charge in [-0.15, -0.1) is 0 Å². The fourth-order valence-electron chi connectivity index (χ4n) is 3.80. The van der Waals surface area contributed by atoms with Crippen LogP contribution in [0.2, 0.25) is 0 Å². The smallest absolute Gasteiger partial charge is 0.404 e. The highest BCUT2D eigenvalue weighted by Gasteiger charge is 2.40. The summed E-state index contributed by atoms with van der Waals surface area (Å²) in [7, 11) is -4.41. The molecule has 0 spiro atoms. The van der Waals surface area contributed by atoms with E-state index in [2.05, 4.69) is 15.3 Å². The van der Waals surface area contributed by atoms with Gasteiger partial charge in [0.2, 0.25) is 21.9 Å². The maximum atomic E-state index is 12.5. The summed E-state index contributed by atoms with van der Waals surface area (Å²) in [5.74, 6) is -1.68. The van der Waals surface area contributed by atoms with Crippen molar-refractivity contribution in [3.8, 4) is 11.9 Å². The molecule has 0 amide bonds. The van der Waals surface area contributed by atoms with Crippen molar-refractivity contribution in [1.82, 2.24) is 14.3 Å². The van der Waals surface area contributed by atoms with E-state index in [0.717, 1.165) is 10.7 Å². The summed E-state index contributed by atoms with van der Waals surface area (Å²) in [6.45, 7) is 1.55. The minimum Gasteiger partial charge on any atom is -0.470 e. The molecule has 2 aliphatic rings. The van der Waals surface area contributed by atoms with Gasteiger partial charge in [0.25, 0.3) is 0 Å². The first kappa shape index (κ1) is 23.5. The minimum atomic E-state index is -4.79. The lowest BCUT2D eigenvalue weighted by molar-refractivity contribution is -0.107. The molecule has 3 rings (SSSR count). The SMILES string of the molecule is C[C@@]1(O)CCC[C@@H]1Oc1nc(NC2CCN(S(=O)(=O)CC(F)(F)F)CC2)ncc1C#N. The van der Waals surface area contributed by atoms with Crippen LogP contribution in [0.4, 0.5) is 19.1 Å². The number of nitrogens with one attached hydrogen (secondary N) is 1. The highest BCUT2D eigenvalue weighted by Crippen LogP contribution is 2.33. The highest BCUT2D eigenvalue weighted by molar-refractivity contribution is 7.89. The average Bonchev–Trinajstić information content (AvgIpc) is 2.99. The summed E-state index contributed by atoms with van der Waals surface area (Å²) in [5, 5.41) is 22.7. The molecule has 31 heavy (non-hydrogen) atoms. The predicted octanol–water partition coefficient (Wildman–Crippen LogP) is 1.80. The Morgan fingerprint density at radius 3 is 2.61 bits per heavy atom. The van der Waals surface area contributed by atoms with Crippen molar-refractivity contribution in [1.29, 1.82) is 5.26 Å². The lowest BCUT2D eigenvalue weighted by atomic mass is 10.0. The Balaban J connectivity index is 1.63. The molecule has 0 radical (unpaired) electrons. The summed E-state index contributed by atoms with van der Waals surface area (Å²) < 4.78 is 67.9. The fraction of sp³-hybridized carbons (Fsp3) is 0.722. The molecule has 172 valence electrons. The molecule has 1 aromatic heterocycles. The number of nitrogens with zero attached hydrogens (tertiary/aromatic N) is 4. The van der Waals surface area contributed by atoms with Crippen LogP contribution in [0, 0.1) is 11.3 Å². The molecule has 2 fully saturated rings. The highest BCUT2D eigenvalue weighted by atomic mass is 32.2. The van der Waals surface area contributed by atoms with E-state index in [9.17, 15) is 32.0 Å². The topological polar surface area (TPSA) is 128 Å². The second-order valence-electron chi connectivity index (χ2n) is 8.07. The Hall–Kier alpha value is -2.17. The Morgan fingerprint density at radius 2 is 2.06 bits per heavy atom. The quantitative estimate of drug-likeness (QED) is 0.654. The van der Waals surface area contributed by atoms with Crippen LogP contribution >= 0.6 is 0 Å². The van der Waals surface area contributed by atoms with E-state index >= 15 is 0 Å². The average molecular weight is 463 g/mol. The van der Waals surface area contributed by atoms with Crippen LogP contribution in [-0.2, 0) is 10.0 Å². The van der Waals surface area contributed by atoms with Gasteiger partial charge in [0.1, 0.15) is 17.7 Å². The molecular weight excluding hydrogens is 439 g/mol. The number of anilines is 1. The second-order valence-corrected chi connectivity index (χ2v) is 10.0. The third-order valence-electron chi connectivity index (χ3n) is 5.50. The van der Waals surface area contributed by atoms with Gasteiger partial charge < -0.3 is 15.2 Å². The predicted molar refractivity (Wildman–Crippen MR) is 104 cm³/mol. The van der Waals surface area contributed by atoms with Gasteiger partial charge in [0.15, 0.2) is 5.75 Å². The Bertz CT molecular complexity index is 940. The molecule has 2 atom stereocenters. The molecule has 2 N–H and O–H groups in total. The summed E-state index contributed by atoms with van der Waals surface area (Å²) >= 11 is 0. The standard InChI is InChI=1S/C18H24F3N5O4S/c1-17(27)6-2-3-14(17)30-15-12(9-22)10-23-16(25-15)24-13-4-7-26(8-5-13)31(28,29)11-18(19,20)21/h10,13-14,27H,2-8,11H2,1H3,(H,23,24,25)/t14-,17+/m0/s1. The van der Waals surface area contributed by atoms with Crippen molar-refractivity contribution in [3.05, 3.63) is 11.8 Å². The van der Waals surface area contributed by atoms with Crippen molar-refractivity contribution in [3.63, 3.8) is 0 Å². The summed E-state index contributed by atoms with van der Waals surface area (Å²) in [6.07, 6.45) is -1.49. The van der Waals surface area contributed by atoms with Crippen molar-refractivity contribution in [2.45, 2.75) is 63.0 Å². The fourth-order valence-corrected chi connectivity index (χ4v) is 5.16. The molecular formula is C18H24F3N5O4S. The Morgan fingerprint density at radius 1 is 1.39 bits per heavy atom. The number of hydrogen-bond donors (Lipinski definition) is 2. The van der Waals surface area contributed by atoms with Gasteiger partial charge in [-0.25, -0.2) is 17.7 Å². The molecule has 1 saturated carbocycles. The third kappa shape index (κ3) is 5.96. The molecule has 0 aromatic carbocycles. The molecule has 1 aliphatic heterocycles. The first-order valence-corrected chi connectivity index (χ1v) is 11.5. The number of piperidine rings is 1. The van der Waals surface area contributed by atoms with Crippen molar-refractivity contribution >= 4 is 16.0 Å². The van der Waals surface area contributed by atoms with Gasteiger partial charge in [-0.05, 0) is 39.0 Å². The number of alkyl halides is 3. The van der Waals surface area contributed by atoms with E-state index < -0.39 is 33.7 Å². The van der Waals surface area contributed by atoms with Crippen LogP contribution < -0.4 is 10.1 Å². The summed E-state index contributed by atoms with van der Waals surface area (Å²) in [6, 6.07) is 1.69. The first-order chi connectivity index (χ1) is 14.4. The Labute approximate surface area is 178 Å². The number of aromatic nitrogens is 2. The van der Waals surface area contributed by atoms with Gasteiger partial charge in [0.05, 0.1) is 11.8 Å². The number of rotatable bonds is 6. The van der Waals surface area contributed by atoms with Crippen LogP contribution in [0.15, 0.2) is 6.20 Å². The van der Waals surface area contributed by atoms with Gasteiger partial charge in [-0.1, -0.05) is 0 Å². The molecule has 1 saturated heterocycles. The van der Waals surface area contributed by atoms with Crippen LogP contribution in [0.5, 0.6) is 5.88 Å². The van der Waals surface area contributed by atoms with Crippen molar-refractivity contribution in [2.24, 2.45) is 0 Å². The van der Waals surface area contributed by atoms with E-state index in [0.29, 0.717) is 12.8 Å². The second kappa shape index (κ2) is 8.76. The van der Waals surface area contributed by atoms with Gasteiger partial charge in [0, 0.05) is 19.1 Å². The lowest BCUT2D eigenvalue weighted by Crippen LogP contribution is -2.45. The van der Waals surface area contributed by atoms with Gasteiger partial charge in [-0.3, -0.25) is 0 Å². The largest absolute Gasteiger partial charge is 0.470 e. The van der Waals surface area contributed by atoms with E-state index in [1.54, 1.807) is 6.92 Å². The normalized spacial score (nSPS) is 25.9. The van der Waals surface area contributed by atoms with Crippen molar-refractivity contribution < 1.29 is 31.4 Å². The molecule has 9 nitrogen and oxygen atoms in total. The maximum absolute atomic E-state index is 12.5. The minimum absolute atomic E-state index is 0.0392. The zero-order valence-electron chi connectivity index (χ0n) is 16.9. The summed E-state index contributed by atoms with van der Waals surface area (Å²) in [5.41, 5.74) is -0.915. The molecule has 1 aliphatic carbocycles. The maximum Gasteiger partial charge on any atom is 0.404 e. The lowest BCUT2D eigenvalue weighted by Gasteiger charge is -2.32. The van der Waals surface area contributed by atoms with Crippen LogP contribution in [0.1, 0.15) is 44.6 Å². The molecule has 2 heterocycles.